The molecule has 0 aliphatic carbocycles. The minimum atomic E-state index is -0.446. The van der Waals surface area contributed by atoms with Gasteiger partial charge >= 0.3 is 11.7 Å². The van der Waals surface area contributed by atoms with Crippen molar-refractivity contribution in [2.75, 3.05) is 39.2 Å². The number of nitrogens with one attached hydrogen (secondary N) is 2. The fourth-order valence-electron chi connectivity index (χ4n) is 3.68. The molecule has 0 aliphatic rings. The minimum Gasteiger partial charge on any atom is -0.461 e. The van der Waals surface area contributed by atoms with Gasteiger partial charge in [-0.2, -0.15) is 9.97 Å². The molecule has 1 amide bonds. The van der Waals surface area contributed by atoms with Gasteiger partial charge in [-0.15, -0.1) is 0 Å². The van der Waals surface area contributed by atoms with E-state index in [0.29, 0.717) is 42.9 Å². The Morgan fingerprint density at radius 1 is 1.19 bits per heavy atom. The lowest BCUT2D eigenvalue weighted by molar-refractivity contribution is 0.0479. The van der Waals surface area contributed by atoms with E-state index in [9.17, 15) is 9.59 Å². The monoisotopic (exact) mass is 515 g/mol. The molecule has 6 N–H and O–H groups in total. The molecule has 2 aromatic heterocycles. The molecule has 1 unspecified atom stereocenters. The van der Waals surface area contributed by atoms with Crippen LogP contribution in [0.2, 0.25) is 0 Å². The van der Waals surface area contributed by atoms with Crippen molar-refractivity contribution in [2.24, 2.45) is 5.73 Å². The van der Waals surface area contributed by atoms with Crippen molar-refractivity contribution in [1.82, 2.24) is 24.8 Å². The van der Waals surface area contributed by atoms with Gasteiger partial charge in [-0.1, -0.05) is 12.1 Å². The zero-order valence-corrected chi connectivity index (χ0v) is 21.9. The van der Waals surface area contributed by atoms with Crippen molar-refractivity contribution in [1.29, 1.82) is 0 Å². The first-order valence-electron chi connectivity index (χ1n) is 12.2. The van der Waals surface area contributed by atoms with Gasteiger partial charge < -0.3 is 36.0 Å². The third-order valence-electron chi connectivity index (χ3n) is 5.86. The molecule has 37 heavy (non-hydrogen) atoms. The molecule has 0 saturated heterocycles. The van der Waals surface area contributed by atoms with Crippen LogP contribution in [-0.4, -0.2) is 70.5 Å². The van der Waals surface area contributed by atoms with Gasteiger partial charge in [0.05, 0.1) is 19.3 Å². The predicted octanol–water partition coefficient (Wildman–Crippen LogP) is 1.43. The minimum absolute atomic E-state index is 0.0590. The second kappa shape index (κ2) is 12.7. The number of nitrogens with zero attached hydrogens (tertiary/aromatic N) is 3. The molecule has 0 radical (unpaired) electrons. The number of rotatable bonds is 14. The molecule has 0 fully saturated rings. The largest absolute Gasteiger partial charge is 0.461 e. The number of nitrogens with two attached hydrogens (primary N) is 2. The van der Waals surface area contributed by atoms with Gasteiger partial charge in [-0.25, -0.2) is 4.79 Å². The molecule has 0 spiro atoms. The van der Waals surface area contributed by atoms with Gasteiger partial charge in [0.1, 0.15) is 12.1 Å². The van der Waals surface area contributed by atoms with Crippen LogP contribution in [0.3, 0.4) is 0 Å². The average Bonchev–Trinajstić information content (AvgIpc) is 3.15. The summed E-state index contributed by atoms with van der Waals surface area (Å²) in [5.41, 5.74) is 12.7. The normalized spacial score (nSPS) is 12.6. The Hall–Kier alpha value is -3.48. The summed E-state index contributed by atoms with van der Waals surface area (Å²) in [5, 5.41) is 3.05. The van der Waals surface area contributed by atoms with E-state index in [2.05, 4.69) is 20.3 Å². The third kappa shape index (κ3) is 7.75. The highest BCUT2D eigenvalue weighted by Crippen LogP contribution is 2.19. The quantitative estimate of drug-likeness (QED) is 0.232. The van der Waals surface area contributed by atoms with Gasteiger partial charge in [-0.3, -0.25) is 9.36 Å². The second-order valence-electron chi connectivity index (χ2n) is 9.49. The number of fused-ring (bicyclic) bond motifs is 1. The van der Waals surface area contributed by atoms with Crippen LogP contribution in [-0.2, 0) is 16.0 Å². The third-order valence-corrected chi connectivity index (χ3v) is 5.86. The van der Waals surface area contributed by atoms with E-state index in [-0.39, 0.29) is 42.7 Å². The van der Waals surface area contributed by atoms with E-state index < -0.39 is 5.54 Å². The summed E-state index contributed by atoms with van der Waals surface area (Å²) in [6, 6.07) is 7.10. The van der Waals surface area contributed by atoms with E-state index in [4.69, 9.17) is 25.7 Å². The molecule has 0 aliphatic heterocycles. The molecular weight excluding hydrogens is 478 g/mol. The fourth-order valence-corrected chi connectivity index (χ4v) is 3.68. The van der Waals surface area contributed by atoms with Crippen molar-refractivity contribution >= 4 is 22.9 Å². The molecule has 12 heteroatoms. The van der Waals surface area contributed by atoms with Crippen molar-refractivity contribution in [3.63, 3.8) is 0 Å². The molecule has 0 bridgehead atoms. The van der Waals surface area contributed by atoms with Gasteiger partial charge in [0, 0.05) is 24.8 Å². The lowest BCUT2D eigenvalue weighted by Crippen LogP contribution is -2.44. The van der Waals surface area contributed by atoms with Gasteiger partial charge in [0.25, 0.3) is 5.91 Å². The van der Waals surface area contributed by atoms with Crippen LogP contribution in [0.5, 0.6) is 6.01 Å². The number of methoxy groups -OCH3 is 1. The van der Waals surface area contributed by atoms with Crippen LogP contribution >= 0.6 is 0 Å². The van der Waals surface area contributed by atoms with Crippen LogP contribution < -0.4 is 27.2 Å². The number of aromatic amines is 1. The number of anilines is 1. The van der Waals surface area contributed by atoms with E-state index in [1.807, 2.05) is 20.8 Å². The van der Waals surface area contributed by atoms with E-state index in [1.165, 1.54) is 4.57 Å². The maximum Gasteiger partial charge on any atom is 0.328 e. The first kappa shape index (κ1) is 28.1. The molecule has 3 rings (SSSR count). The molecule has 1 atom stereocenters. The number of hydrogen-bond donors (Lipinski definition) is 4. The standard InChI is InChI=1S/C25H37N7O5/c1-16(9-11-26)36-12-10-25(2,3)31-22(33)18-7-5-17(6-8-18)15-32-21-19(28-24(32)34)20(27)29-23(30-21)37-14-13-35-4/h5-8,16H,9-15,26H2,1-4H3,(H,28,34)(H,31,33)(H2,27,29,30). The number of ether oxygens (including phenoxy) is 3. The Labute approximate surface area is 215 Å². The molecule has 202 valence electrons. The Morgan fingerprint density at radius 2 is 1.92 bits per heavy atom. The molecular formula is C25H37N7O5. The topological polar surface area (TPSA) is 172 Å². The fraction of sp³-hybridized carbons (Fsp3) is 0.520. The molecule has 12 nitrogen and oxygen atoms in total. The van der Waals surface area contributed by atoms with Gasteiger partial charge in [-0.05, 0) is 57.9 Å². The first-order chi connectivity index (χ1) is 17.6. The van der Waals surface area contributed by atoms with Crippen LogP contribution in [0.4, 0.5) is 5.82 Å². The van der Waals surface area contributed by atoms with Crippen LogP contribution in [0.15, 0.2) is 29.1 Å². The molecule has 3 aromatic rings. The Balaban J connectivity index is 1.67. The van der Waals surface area contributed by atoms with Crippen LogP contribution in [0, 0.1) is 0 Å². The number of H-pyrrole nitrogens is 1. The maximum atomic E-state index is 12.8. The number of benzene rings is 1. The summed E-state index contributed by atoms with van der Waals surface area (Å²) in [6.07, 6.45) is 1.55. The number of carbonyl (C=O) groups is 1. The maximum absolute atomic E-state index is 12.8. The van der Waals surface area contributed by atoms with Crippen LogP contribution in [0.1, 0.15) is 49.5 Å². The number of carbonyl (C=O) groups excluding carboxylic acids is 1. The van der Waals surface area contributed by atoms with E-state index >= 15 is 0 Å². The van der Waals surface area contributed by atoms with E-state index in [1.54, 1.807) is 31.4 Å². The van der Waals surface area contributed by atoms with Crippen LogP contribution in [0.25, 0.3) is 11.2 Å². The predicted molar refractivity (Wildman–Crippen MR) is 141 cm³/mol. The average molecular weight is 516 g/mol. The molecule has 0 saturated carbocycles. The zero-order chi connectivity index (χ0) is 27.0. The summed E-state index contributed by atoms with van der Waals surface area (Å²) in [5.74, 6) is -0.0729. The SMILES string of the molecule is COCCOc1nc(N)c2[nH]c(=O)n(Cc3ccc(C(=O)NC(C)(C)CCOC(C)CCN)cc3)c2n1. The summed E-state index contributed by atoms with van der Waals surface area (Å²) in [6.45, 7) is 7.84. The number of imidazole rings is 1. The summed E-state index contributed by atoms with van der Waals surface area (Å²) >= 11 is 0. The van der Waals surface area contributed by atoms with Gasteiger partial charge in [0.15, 0.2) is 11.5 Å². The number of amides is 1. The lowest BCUT2D eigenvalue weighted by Gasteiger charge is -2.27. The number of nitrogen functional groups attached to an aromatic ring is 1. The van der Waals surface area contributed by atoms with Crippen molar-refractivity contribution in [3.05, 3.63) is 45.9 Å². The summed E-state index contributed by atoms with van der Waals surface area (Å²) in [4.78, 5) is 36.5. The van der Waals surface area contributed by atoms with Gasteiger partial charge in [0.2, 0.25) is 0 Å². The smallest absolute Gasteiger partial charge is 0.328 e. The Kier molecular flexibility index (Phi) is 9.61. The highest BCUT2D eigenvalue weighted by atomic mass is 16.5. The highest BCUT2D eigenvalue weighted by Gasteiger charge is 2.22. The summed E-state index contributed by atoms with van der Waals surface area (Å²) < 4.78 is 17.6. The zero-order valence-electron chi connectivity index (χ0n) is 21.9. The van der Waals surface area contributed by atoms with E-state index in [0.717, 1.165) is 12.0 Å². The second-order valence-corrected chi connectivity index (χ2v) is 9.49. The van der Waals surface area contributed by atoms with Crippen molar-refractivity contribution < 1.29 is 19.0 Å². The number of hydrogen-bond acceptors (Lipinski definition) is 9. The summed E-state index contributed by atoms with van der Waals surface area (Å²) in [7, 11) is 1.56. The lowest BCUT2D eigenvalue weighted by atomic mass is 10.00. The molecule has 1 aromatic carbocycles. The van der Waals surface area contributed by atoms with Crippen molar-refractivity contribution in [2.45, 2.75) is 51.8 Å². The molecule has 2 heterocycles. The Bertz CT molecular complexity index is 1240. The highest BCUT2D eigenvalue weighted by molar-refractivity contribution is 5.94. The van der Waals surface area contributed by atoms with Crippen molar-refractivity contribution in [3.8, 4) is 6.01 Å². The number of aromatic nitrogens is 4. The first-order valence-corrected chi connectivity index (χ1v) is 12.2. The Morgan fingerprint density at radius 3 is 2.59 bits per heavy atom.